The van der Waals surface area contributed by atoms with E-state index in [0.29, 0.717) is 29.4 Å². The number of thiazole rings is 1. The first kappa shape index (κ1) is 18.6. The molecule has 2 aliphatic rings. The van der Waals surface area contributed by atoms with E-state index in [1.165, 1.54) is 75.5 Å². The highest BCUT2D eigenvalue weighted by Crippen LogP contribution is 2.41. The molecule has 25 heavy (non-hydrogen) atoms. The summed E-state index contributed by atoms with van der Waals surface area (Å²) in [6.45, 7) is 0.476. The zero-order valence-corrected chi connectivity index (χ0v) is 15.9. The van der Waals surface area contributed by atoms with Crippen molar-refractivity contribution in [3.8, 4) is 0 Å². The summed E-state index contributed by atoms with van der Waals surface area (Å²) in [6, 6.07) is -0.392. The van der Waals surface area contributed by atoms with Crippen molar-refractivity contribution in [2.45, 2.75) is 76.8 Å². The van der Waals surface area contributed by atoms with Crippen molar-refractivity contribution < 1.29 is 4.79 Å². The Balaban J connectivity index is 1.64. The Bertz CT molecular complexity index is 531. The lowest BCUT2D eigenvalue weighted by atomic mass is 9.66. The second kappa shape index (κ2) is 8.99. The van der Waals surface area contributed by atoms with Gasteiger partial charge in [-0.2, -0.15) is 0 Å². The molecule has 5 N–H and O–H groups in total. The highest BCUT2D eigenvalue weighted by atomic mass is 32.1. The number of rotatable bonds is 6. The molecule has 2 saturated carbocycles. The Morgan fingerprint density at radius 1 is 1.12 bits per heavy atom. The van der Waals surface area contributed by atoms with Gasteiger partial charge >= 0.3 is 0 Å². The van der Waals surface area contributed by atoms with Gasteiger partial charge in [-0.25, -0.2) is 4.98 Å². The molecule has 5 nitrogen and oxygen atoms in total. The Morgan fingerprint density at radius 3 is 2.16 bits per heavy atom. The van der Waals surface area contributed by atoms with Crippen molar-refractivity contribution in [3.63, 3.8) is 0 Å². The van der Waals surface area contributed by atoms with E-state index < -0.39 is 6.04 Å². The highest BCUT2D eigenvalue weighted by molar-refractivity contribution is 7.15. The van der Waals surface area contributed by atoms with E-state index in [1.807, 2.05) is 0 Å². The molecule has 0 bridgehead atoms. The lowest BCUT2D eigenvalue weighted by molar-refractivity contribution is -0.125. The molecule has 1 aromatic heterocycles. The van der Waals surface area contributed by atoms with Gasteiger partial charge in [0.25, 0.3) is 0 Å². The molecule has 2 fully saturated rings. The van der Waals surface area contributed by atoms with Gasteiger partial charge < -0.3 is 16.8 Å². The molecule has 0 aliphatic heterocycles. The van der Waals surface area contributed by atoms with Crippen molar-refractivity contribution in [1.82, 2.24) is 10.3 Å². The summed E-state index contributed by atoms with van der Waals surface area (Å²) in [5.74, 6) is 1.58. The number of carbonyl (C=O) groups is 1. The van der Waals surface area contributed by atoms with Gasteiger partial charge in [-0.05, 0) is 17.8 Å². The molecule has 0 spiro atoms. The summed E-state index contributed by atoms with van der Waals surface area (Å²) in [5.41, 5.74) is 12.2. The molecule has 1 aromatic rings. The van der Waals surface area contributed by atoms with Crippen LogP contribution in [-0.2, 0) is 11.3 Å². The molecular weight excluding hydrogens is 332 g/mol. The lowest BCUT2D eigenvalue weighted by Gasteiger charge is -2.40. The van der Waals surface area contributed by atoms with Crippen LogP contribution in [0.3, 0.4) is 0 Å². The molecule has 6 heteroatoms. The second-order valence-electron chi connectivity index (χ2n) is 7.78. The van der Waals surface area contributed by atoms with Gasteiger partial charge in [-0.3, -0.25) is 4.79 Å². The number of nitrogens with two attached hydrogens (primary N) is 2. The van der Waals surface area contributed by atoms with Gasteiger partial charge in [0.1, 0.15) is 0 Å². The third kappa shape index (κ3) is 4.94. The van der Waals surface area contributed by atoms with Crippen molar-refractivity contribution in [3.05, 3.63) is 11.1 Å². The van der Waals surface area contributed by atoms with Crippen molar-refractivity contribution >= 4 is 22.4 Å². The molecule has 2 aliphatic carbocycles. The predicted molar refractivity (Wildman–Crippen MR) is 103 cm³/mol. The lowest BCUT2D eigenvalue weighted by Crippen LogP contribution is -2.50. The third-order valence-electron chi connectivity index (χ3n) is 6.11. The Hall–Kier alpha value is -1.14. The average molecular weight is 365 g/mol. The molecular formula is C19H32N4OS. The topological polar surface area (TPSA) is 94.0 Å². The SMILES string of the molecule is Nc1ncc(CNC(=O)C(N)C(C2CCCCC2)C2CCCCC2)s1. The maximum Gasteiger partial charge on any atom is 0.237 e. The van der Waals surface area contributed by atoms with Gasteiger partial charge in [0, 0.05) is 11.1 Å². The minimum Gasteiger partial charge on any atom is -0.375 e. The van der Waals surface area contributed by atoms with Gasteiger partial charge in [0.2, 0.25) is 5.91 Å². The number of anilines is 1. The molecule has 1 heterocycles. The molecule has 1 unspecified atom stereocenters. The van der Waals surface area contributed by atoms with E-state index in [4.69, 9.17) is 11.5 Å². The first-order valence-electron chi connectivity index (χ1n) is 9.88. The van der Waals surface area contributed by atoms with E-state index in [1.54, 1.807) is 6.20 Å². The first-order valence-corrected chi connectivity index (χ1v) is 10.7. The second-order valence-corrected chi connectivity index (χ2v) is 8.93. The molecule has 3 rings (SSSR count). The van der Waals surface area contributed by atoms with Crippen LogP contribution in [0.2, 0.25) is 0 Å². The largest absolute Gasteiger partial charge is 0.375 e. The van der Waals surface area contributed by atoms with E-state index in [2.05, 4.69) is 10.3 Å². The molecule has 0 aromatic carbocycles. The van der Waals surface area contributed by atoms with Gasteiger partial charge in [-0.15, -0.1) is 11.3 Å². The standard InChI is InChI=1S/C19H32N4OS/c20-17(18(24)22-11-15-12-23-19(21)25-15)16(13-7-3-1-4-8-13)14-9-5-2-6-10-14/h12-14,16-17H,1-11,20H2,(H2,21,23)(H,22,24). The number of aromatic nitrogens is 1. The van der Waals surface area contributed by atoms with Crippen LogP contribution >= 0.6 is 11.3 Å². The minimum absolute atomic E-state index is 0.00637. The highest BCUT2D eigenvalue weighted by Gasteiger charge is 2.38. The summed E-state index contributed by atoms with van der Waals surface area (Å²) >= 11 is 1.42. The summed E-state index contributed by atoms with van der Waals surface area (Å²) in [6.07, 6.45) is 14.5. The zero-order valence-electron chi connectivity index (χ0n) is 15.1. The van der Waals surface area contributed by atoms with Crippen LogP contribution in [0.25, 0.3) is 0 Å². The van der Waals surface area contributed by atoms with Crippen LogP contribution in [0.1, 0.15) is 69.1 Å². The number of amides is 1. The third-order valence-corrected chi connectivity index (χ3v) is 6.94. The summed E-state index contributed by atoms with van der Waals surface area (Å²) in [7, 11) is 0. The van der Waals surface area contributed by atoms with Gasteiger partial charge in [0.15, 0.2) is 5.13 Å². The summed E-state index contributed by atoms with van der Waals surface area (Å²) in [4.78, 5) is 17.8. The molecule has 140 valence electrons. The van der Waals surface area contributed by atoms with Crippen molar-refractivity contribution in [2.75, 3.05) is 5.73 Å². The van der Waals surface area contributed by atoms with Crippen LogP contribution in [0, 0.1) is 17.8 Å². The van der Waals surface area contributed by atoms with Gasteiger partial charge in [-0.1, -0.05) is 64.2 Å². The molecule has 0 saturated heterocycles. The summed E-state index contributed by atoms with van der Waals surface area (Å²) < 4.78 is 0. The fourth-order valence-electron chi connectivity index (χ4n) is 4.88. The number of nitrogens with one attached hydrogen (secondary N) is 1. The quantitative estimate of drug-likeness (QED) is 0.720. The molecule has 1 amide bonds. The molecule has 1 atom stereocenters. The van der Waals surface area contributed by atoms with Crippen LogP contribution in [-0.4, -0.2) is 16.9 Å². The smallest absolute Gasteiger partial charge is 0.237 e. The maximum atomic E-state index is 12.8. The monoisotopic (exact) mass is 364 g/mol. The summed E-state index contributed by atoms with van der Waals surface area (Å²) in [5, 5.41) is 3.56. The molecule has 0 radical (unpaired) electrons. The van der Waals surface area contributed by atoms with E-state index in [-0.39, 0.29) is 5.91 Å². The Morgan fingerprint density at radius 2 is 1.68 bits per heavy atom. The minimum atomic E-state index is -0.392. The van der Waals surface area contributed by atoms with Crippen LogP contribution in [0.4, 0.5) is 5.13 Å². The first-order chi connectivity index (χ1) is 12.1. The number of nitrogens with zero attached hydrogens (tertiary/aromatic N) is 1. The zero-order chi connectivity index (χ0) is 17.6. The van der Waals surface area contributed by atoms with Crippen LogP contribution < -0.4 is 16.8 Å². The number of hydrogen-bond donors (Lipinski definition) is 3. The van der Waals surface area contributed by atoms with Gasteiger partial charge in [0.05, 0.1) is 12.6 Å². The van der Waals surface area contributed by atoms with Crippen molar-refractivity contribution in [2.24, 2.45) is 23.5 Å². The maximum absolute atomic E-state index is 12.8. The van der Waals surface area contributed by atoms with Crippen LogP contribution in [0.5, 0.6) is 0 Å². The van der Waals surface area contributed by atoms with E-state index in [0.717, 1.165) is 4.88 Å². The Labute approximate surface area is 155 Å². The number of nitrogen functional groups attached to an aromatic ring is 1. The van der Waals surface area contributed by atoms with Crippen molar-refractivity contribution in [1.29, 1.82) is 0 Å². The number of carbonyl (C=O) groups excluding carboxylic acids is 1. The fraction of sp³-hybridized carbons (Fsp3) is 0.789. The van der Waals surface area contributed by atoms with E-state index >= 15 is 0 Å². The average Bonchev–Trinajstić information content (AvgIpc) is 3.07. The Kier molecular flexibility index (Phi) is 6.70. The predicted octanol–water partition coefficient (Wildman–Crippen LogP) is 3.45. The normalized spacial score (nSPS) is 21.4. The number of hydrogen-bond acceptors (Lipinski definition) is 5. The fourth-order valence-corrected chi connectivity index (χ4v) is 5.50. The van der Waals surface area contributed by atoms with Crippen LogP contribution in [0.15, 0.2) is 6.20 Å². The van der Waals surface area contributed by atoms with E-state index in [9.17, 15) is 4.79 Å².